The Morgan fingerprint density at radius 2 is 1.87 bits per heavy atom. The van der Waals surface area contributed by atoms with E-state index in [0.29, 0.717) is 0 Å². The molecule has 1 aromatic carbocycles. The van der Waals surface area contributed by atoms with Crippen LogP contribution in [0.15, 0.2) is 43.7 Å². The van der Waals surface area contributed by atoms with Crippen molar-refractivity contribution < 1.29 is 4.42 Å². The van der Waals surface area contributed by atoms with Crippen molar-refractivity contribution in [3.05, 3.63) is 45.0 Å². The predicted octanol–water partition coefficient (Wildman–Crippen LogP) is 5.29. The first kappa shape index (κ1) is 18.7. The highest BCUT2D eigenvalue weighted by Crippen LogP contribution is 2.31. The third-order valence-electron chi connectivity index (χ3n) is 3.88. The van der Waals surface area contributed by atoms with E-state index in [4.69, 9.17) is 4.42 Å². The average Bonchev–Trinajstić information content (AvgIpc) is 2.99. The largest absolute Gasteiger partial charge is 0.460 e. The molecule has 0 aliphatic heterocycles. The zero-order valence-electron chi connectivity index (χ0n) is 13.7. The summed E-state index contributed by atoms with van der Waals surface area (Å²) in [6.07, 6.45) is 1.16. The molecule has 0 aliphatic rings. The lowest BCUT2D eigenvalue weighted by molar-refractivity contribution is 0.297. The van der Waals surface area contributed by atoms with E-state index in [9.17, 15) is 0 Å². The number of furan rings is 1. The van der Waals surface area contributed by atoms with Crippen LogP contribution in [-0.2, 0) is 6.54 Å². The highest BCUT2D eigenvalue weighted by atomic mass is 79.9. The Hall–Kier alpha value is -0.620. The van der Waals surface area contributed by atoms with Crippen molar-refractivity contribution >= 4 is 31.9 Å². The van der Waals surface area contributed by atoms with Crippen molar-refractivity contribution in [2.24, 2.45) is 0 Å². The van der Waals surface area contributed by atoms with Gasteiger partial charge in [0.1, 0.15) is 11.5 Å². The van der Waals surface area contributed by atoms with Gasteiger partial charge in [0.2, 0.25) is 0 Å². The second kappa shape index (κ2) is 9.62. The molecule has 0 saturated carbocycles. The van der Waals surface area contributed by atoms with E-state index in [2.05, 4.69) is 55.9 Å². The second-order valence-electron chi connectivity index (χ2n) is 5.45. The molecule has 23 heavy (non-hydrogen) atoms. The Balaban J connectivity index is 1.81. The standard InChI is InChI=1S/C18H24Br2N2O/c1-3-22(4-2)11-5-10-21-13-15-7-9-18(23-15)16-8-6-14(19)12-17(16)20/h6-9,12,21H,3-5,10-11,13H2,1-2H3. The van der Waals surface area contributed by atoms with Gasteiger partial charge in [-0.05, 0) is 78.9 Å². The topological polar surface area (TPSA) is 28.4 Å². The van der Waals surface area contributed by atoms with E-state index >= 15 is 0 Å². The summed E-state index contributed by atoms with van der Waals surface area (Å²) in [7, 11) is 0. The lowest BCUT2D eigenvalue weighted by Gasteiger charge is -2.17. The van der Waals surface area contributed by atoms with Gasteiger partial charge in [-0.3, -0.25) is 0 Å². The summed E-state index contributed by atoms with van der Waals surface area (Å²) < 4.78 is 8.02. The molecule has 1 N–H and O–H groups in total. The number of hydrogen-bond donors (Lipinski definition) is 1. The molecule has 1 aromatic heterocycles. The lowest BCUT2D eigenvalue weighted by Crippen LogP contribution is -2.27. The Morgan fingerprint density at radius 3 is 2.57 bits per heavy atom. The summed E-state index contributed by atoms with van der Waals surface area (Å²) in [5, 5.41) is 3.45. The fraction of sp³-hybridized carbons (Fsp3) is 0.444. The summed E-state index contributed by atoms with van der Waals surface area (Å²) in [6.45, 7) is 9.60. The van der Waals surface area contributed by atoms with Crippen molar-refractivity contribution in [1.29, 1.82) is 0 Å². The molecule has 0 amide bonds. The first-order chi connectivity index (χ1) is 11.1. The molecule has 126 valence electrons. The van der Waals surface area contributed by atoms with Crippen molar-refractivity contribution in [1.82, 2.24) is 10.2 Å². The van der Waals surface area contributed by atoms with Crippen molar-refractivity contribution in [2.75, 3.05) is 26.2 Å². The minimum atomic E-state index is 0.770. The van der Waals surface area contributed by atoms with Crippen LogP contribution in [0.5, 0.6) is 0 Å². The van der Waals surface area contributed by atoms with Crippen LogP contribution in [0.4, 0.5) is 0 Å². The first-order valence-corrected chi connectivity index (χ1v) is 9.69. The van der Waals surface area contributed by atoms with Gasteiger partial charge in [0.15, 0.2) is 0 Å². The minimum absolute atomic E-state index is 0.770. The molecule has 0 fully saturated rings. The molecule has 0 spiro atoms. The zero-order valence-corrected chi connectivity index (χ0v) is 16.9. The lowest BCUT2D eigenvalue weighted by atomic mass is 10.2. The summed E-state index contributed by atoms with van der Waals surface area (Å²) >= 11 is 7.05. The van der Waals surface area contributed by atoms with E-state index < -0.39 is 0 Å². The highest BCUT2D eigenvalue weighted by Gasteiger charge is 2.08. The quantitative estimate of drug-likeness (QED) is 0.533. The van der Waals surface area contributed by atoms with Gasteiger partial charge in [0.05, 0.1) is 6.54 Å². The van der Waals surface area contributed by atoms with Gasteiger partial charge in [0, 0.05) is 14.5 Å². The molecule has 0 bridgehead atoms. The second-order valence-corrected chi connectivity index (χ2v) is 7.22. The van der Waals surface area contributed by atoms with Crippen LogP contribution in [0.3, 0.4) is 0 Å². The third kappa shape index (κ3) is 5.75. The van der Waals surface area contributed by atoms with Crippen LogP contribution in [0, 0.1) is 0 Å². The third-order valence-corrected chi connectivity index (χ3v) is 5.03. The van der Waals surface area contributed by atoms with Crippen LogP contribution < -0.4 is 5.32 Å². The molecule has 0 radical (unpaired) electrons. The van der Waals surface area contributed by atoms with Crippen molar-refractivity contribution in [3.63, 3.8) is 0 Å². The maximum absolute atomic E-state index is 5.94. The van der Waals surface area contributed by atoms with Crippen molar-refractivity contribution in [3.8, 4) is 11.3 Å². The minimum Gasteiger partial charge on any atom is -0.460 e. The van der Waals surface area contributed by atoms with Gasteiger partial charge < -0.3 is 14.6 Å². The molecule has 0 atom stereocenters. The number of halogens is 2. The molecule has 5 heteroatoms. The SMILES string of the molecule is CCN(CC)CCCNCc1ccc(-c2ccc(Br)cc2Br)o1. The number of hydrogen-bond acceptors (Lipinski definition) is 3. The van der Waals surface area contributed by atoms with Crippen LogP contribution in [0.2, 0.25) is 0 Å². The Bertz CT molecular complexity index is 609. The van der Waals surface area contributed by atoms with E-state index in [1.54, 1.807) is 0 Å². The molecule has 0 aliphatic carbocycles. The summed E-state index contributed by atoms with van der Waals surface area (Å²) in [5.74, 6) is 1.86. The number of benzene rings is 1. The van der Waals surface area contributed by atoms with E-state index in [0.717, 1.165) is 65.2 Å². The van der Waals surface area contributed by atoms with Gasteiger partial charge in [0.25, 0.3) is 0 Å². The Labute approximate surface area is 155 Å². The van der Waals surface area contributed by atoms with E-state index in [-0.39, 0.29) is 0 Å². The molecular weight excluding hydrogens is 420 g/mol. The molecule has 3 nitrogen and oxygen atoms in total. The number of nitrogens with zero attached hydrogens (tertiary/aromatic N) is 1. The van der Waals surface area contributed by atoms with E-state index in [1.165, 1.54) is 0 Å². The summed E-state index contributed by atoms with van der Waals surface area (Å²) in [6, 6.07) is 10.2. The molecule has 0 saturated heterocycles. The fourth-order valence-corrected chi connectivity index (χ4v) is 3.73. The molecule has 0 unspecified atom stereocenters. The zero-order chi connectivity index (χ0) is 16.7. The van der Waals surface area contributed by atoms with Gasteiger partial charge in [-0.1, -0.05) is 29.8 Å². The van der Waals surface area contributed by atoms with Crippen LogP contribution in [0.25, 0.3) is 11.3 Å². The molecular formula is C18H24Br2N2O. The predicted molar refractivity (Wildman–Crippen MR) is 104 cm³/mol. The summed E-state index contributed by atoms with van der Waals surface area (Å²) in [4.78, 5) is 2.44. The Kier molecular flexibility index (Phi) is 7.83. The van der Waals surface area contributed by atoms with Gasteiger partial charge >= 0.3 is 0 Å². The maximum Gasteiger partial charge on any atom is 0.135 e. The van der Waals surface area contributed by atoms with E-state index in [1.807, 2.05) is 30.3 Å². The van der Waals surface area contributed by atoms with Crippen LogP contribution in [-0.4, -0.2) is 31.1 Å². The van der Waals surface area contributed by atoms with Crippen LogP contribution in [0.1, 0.15) is 26.0 Å². The summed E-state index contributed by atoms with van der Waals surface area (Å²) in [5.41, 5.74) is 1.07. The van der Waals surface area contributed by atoms with Gasteiger partial charge in [-0.25, -0.2) is 0 Å². The van der Waals surface area contributed by atoms with Crippen LogP contribution >= 0.6 is 31.9 Å². The normalized spacial score (nSPS) is 11.3. The van der Waals surface area contributed by atoms with Gasteiger partial charge in [-0.15, -0.1) is 0 Å². The van der Waals surface area contributed by atoms with Gasteiger partial charge in [-0.2, -0.15) is 0 Å². The molecule has 2 rings (SSSR count). The smallest absolute Gasteiger partial charge is 0.135 e. The first-order valence-electron chi connectivity index (χ1n) is 8.11. The molecule has 1 heterocycles. The monoisotopic (exact) mass is 442 g/mol. The average molecular weight is 444 g/mol. The Morgan fingerprint density at radius 1 is 1.09 bits per heavy atom. The number of nitrogens with one attached hydrogen (secondary N) is 1. The van der Waals surface area contributed by atoms with Crippen molar-refractivity contribution in [2.45, 2.75) is 26.8 Å². The maximum atomic E-state index is 5.94. The molecule has 2 aromatic rings. The number of rotatable bonds is 9. The fourth-order valence-electron chi connectivity index (χ4n) is 2.49. The highest BCUT2D eigenvalue weighted by molar-refractivity contribution is 9.11.